The first kappa shape index (κ1) is 14.0. The Morgan fingerprint density at radius 2 is 2.24 bits per heavy atom. The van der Waals surface area contributed by atoms with Crippen LogP contribution in [0, 0.1) is 6.92 Å². The Kier molecular flexibility index (Phi) is 5.44. The van der Waals surface area contributed by atoms with Crippen molar-refractivity contribution in [1.82, 2.24) is 4.98 Å². The number of pyridine rings is 1. The third-order valence-corrected chi connectivity index (χ3v) is 3.38. The minimum Gasteiger partial charge on any atom is -0.478 e. The predicted octanol–water partition coefficient (Wildman–Crippen LogP) is 2.47. The molecule has 0 aliphatic rings. The fourth-order valence-corrected chi connectivity index (χ4v) is 2.68. The summed E-state index contributed by atoms with van der Waals surface area (Å²) in [6.45, 7) is 3.61. The summed E-state index contributed by atoms with van der Waals surface area (Å²) in [4.78, 5) is 15.4. The minimum absolute atomic E-state index is 0.138. The average molecular weight is 255 g/mol. The van der Waals surface area contributed by atoms with Gasteiger partial charge < -0.3 is 10.2 Å². The molecule has 0 aliphatic heterocycles. The van der Waals surface area contributed by atoms with E-state index in [0.29, 0.717) is 10.6 Å². The van der Waals surface area contributed by atoms with Crippen LogP contribution in [0.15, 0.2) is 11.1 Å². The Bertz CT molecular complexity index is 407. The number of aromatic carboxylic acids is 1. The van der Waals surface area contributed by atoms with Gasteiger partial charge in [-0.05, 0) is 30.7 Å². The van der Waals surface area contributed by atoms with Crippen LogP contribution in [0.5, 0.6) is 0 Å². The zero-order valence-electron chi connectivity index (χ0n) is 10.1. The predicted molar refractivity (Wildman–Crippen MR) is 67.5 cm³/mol. The van der Waals surface area contributed by atoms with Gasteiger partial charge in [-0.15, -0.1) is 11.8 Å². The highest BCUT2D eigenvalue weighted by atomic mass is 32.2. The molecular weight excluding hydrogens is 238 g/mol. The number of aliphatic hydroxyl groups is 1. The number of aliphatic hydroxyl groups excluding tert-OH is 1. The first-order valence-corrected chi connectivity index (χ1v) is 6.56. The van der Waals surface area contributed by atoms with Gasteiger partial charge in [0.1, 0.15) is 5.03 Å². The number of nitrogens with zero attached hydrogens (tertiary/aromatic N) is 1. The number of aromatic nitrogens is 1. The molecule has 0 amide bonds. The second-order valence-corrected chi connectivity index (χ2v) is 4.85. The maximum Gasteiger partial charge on any atom is 0.338 e. The molecule has 0 saturated heterocycles. The number of hydrogen-bond donors (Lipinski definition) is 2. The molecule has 1 rings (SSSR count). The van der Waals surface area contributed by atoms with E-state index in [-0.39, 0.29) is 12.2 Å². The highest BCUT2D eigenvalue weighted by molar-refractivity contribution is 7.99. The van der Waals surface area contributed by atoms with Crippen LogP contribution in [0.25, 0.3) is 0 Å². The molecule has 0 aromatic carbocycles. The summed E-state index contributed by atoms with van der Waals surface area (Å²) in [5.41, 5.74) is 1.31. The number of carboxylic acid groups (broad SMARTS) is 1. The number of rotatable bonds is 6. The summed E-state index contributed by atoms with van der Waals surface area (Å²) in [7, 11) is 0. The summed E-state index contributed by atoms with van der Waals surface area (Å²) < 4.78 is 0. The Morgan fingerprint density at radius 1 is 1.53 bits per heavy atom. The van der Waals surface area contributed by atoms with Gasteiger partial charge in [0.05, 0.1) is 12.2 Å². The molecule has 1 aromatic heterocycles. The minimum atomic E-state index is -1.03. The summed E-state index contributed by atoms with van der Waals surface area (Å²) >= 11 is 1.44. The zero-order valence-corrected chi connectivity index (χ0v) is 10.9. The van der Waals surface area contributed by atoms with E-state index in [4.69, 9.17) is 5.11 Å². The number of carboxylic acids is 1. The third kappa shape index (κ3) is 3.71. The molecule has 4 nitrogen and oxygen atoms in total. The van der Waals surface area contributed by atoms with Crippen molar-refractivity contribution >= 4 is 17.7 Å². The molecule has 0 bridgehead atoms. The number of thioether (sulfide) groups is 1. The van der Waals surface area contributed by atoms with Gasteiger partial charge in [-0.3, -0.25) is 0 Å². The number of unbranched alkanes of at least 4 members (excludes halogenated alkanes) is 1. The first-order valence-electron chi connectivity index (χ1n) is 5.57. The van der Waals surface area contributed by atoms with Gasteiger partial charge in [0.25, 0.3) is 0 Å². The van der Waals surface area contributed by atoms with Gasteiger partial charge in [-0.2, -0.15) is 0 Å². The van der Waals surface area contributed by atoms with Crippen LogP contribution < -0.4 is 0 Å². The molecule has 0 atom stereocenters. The molecule has 94 valence electrons. The Labute approximate surface area is 105 Å². The molecule has 17 heavy (non-hydrogen) atoms. The molecule has 0 radical (unpaired) electrons. The lowest BCUT2D eigenvalue weighted by Gasteiger charge is -2.10. The van der Waals surface area contributed by atoms with E-state index in [2.05, 4.69) is 11.9 Å². The SMILES string of the molecule is CCCCSc1nc(C)cc(CO)c1C(=O)O. The molecule has 1 heterocycles. The monoisotopic (exact) mass is 255 g/mol. The summed E-state index contributed by atoms with van der Waals surface area (Å²) in [6.07, 6.45) is 2.09. The second-order valence-electron chi connectivity index (χ2n) is 3.77. The standard InChI is InChI=1S/C12H17NO3S/c1-3-4-5-17-11-10(12(15)16)9(7-14)6-8(2)13-11/h6,14H,3-5,7H2,1-2H3,(H,15,16). The van der Waals surface area contributed by atoms with E-state index < -0.39 is 5.97 Å². The maximum atomic E-state index is 11.2. The lowest BCUT2D eigenvalue weighted by atomic mass is 10.1. The second kappa shape index (κ2) is 6.61. The van der Waals surface area contributed by atoms with Gasteiger partial charge in [-0.1, -0.05) is 13.3 Å². The van der Waals surface area contributed by atoms with Gasteiger partial charge >= 0.3 is 5.97 Å². The van der Waals surface area contributed by atoms with E-state index in [1.54, 1.807) is 13.0 Å². The van der Waals surface area contributed by atoms with Crippen LogP contribution in [0.3, 0.4) is 0 Å². The van der Waals surface area contributed by atoms with Gasteiger partial charge in [0.15, 0.2) is 0 Å². The zero-order chi connectivity index (χ0) is 12.8. The number of hydrogen-bond acceptors (Lipinski definition) is 4. The molecule has 5 heteroatoms. The third-order valence-electron chi connectivity index (χ3n) is 2.32. The molecular formula is C12H17NO3S. The van der Waals surface area contributed by atoms with Gasteiger partial charge in [0, 0.05) is 5.69 Å². The number of carbonyl (C=O) groups is 1. The van der Waals surface area contributed by atoms with Gasteiger partial charge in [0.2, 0.25) is 0 Å². The fourth-order valence-electron chi connectivity index (χ4n) is 1.48. The molecule has 0 saturated carbocycles. The van der Waals surface area contributed by atoms with Crippen LogP contribution in [-0.2, 0) is 6.61 Å². The van der Waals surface area contributed by atoms with Crippen LogP contribution in [-0.4, -0.2) is 26.9 Å². The van der Waals surface area contributed by atoms with Crippen LogP contribution in [0.2, 0.25) is 0 Å². The molecule has 0 fully saturated rings. The van der Waals surface area contributed by atoms with Crippen molar-refractivity contribution in [2.75, 3.05) is 5.75 Å². The lowest BCUT2D eigenvalue weighted by Crippen LogP contribution is -2.08. The molecule has 0 spiro atoms. The molecule has 0 unspecified atom stereocenters. The summed E-state index contributed by atoms with van der Waals surface area (Å²) in [5.74, 6) is -0.182. The highest BCUT2D eigenvalue weighted by Crippen LogP contribution is 2.25. The van der Waals surface area contributed by atoms with Crippen molar-refractivity contribution < 1.29 is 15.0 Å². The quantitative estimate of drug-likeness (QED) is 0.603. The highest BCUT2D eigenvalue weighted by Gasteiger charge is 2.17. The maximum absolute atomic E-state index is 11.2. The van der Waals surface area contributed by atoms with E-state index in [0.717, 1.165) is 24.3 Å². The Balaban J connectivity index is 3.07. The normalized spacial score (nSPS) is 10.5. The van der Waals surface area contributed by atoms with Crippen LogP contribution in [0.1, 0.15) is 41.4 Å². The Hall–Kier alpha value is -1.07. The van der Waals surface area contributed by atoms with E-state index >= 15 is 0 Å². The van der Waals surface area contributed by atoms with Gasteiger partial charge in [-0.25, -0.2) is 9.78 Å². The van der Waals surface area contributed by atoms with E-state index in [1.165, 1.54) is 11.8 Å². The average Bonchev–Trinajstić information content (AvgIpc) is 2.28. The fraction of sp³-hybridized carbons (Fsp3) is 0.500. The van der Waals surface area contributed by atoms with Crippen LogP contribution in [0.4, 0.5) is 0 Å². The lowest BCUT2D eigenvalue weighted by molar-refractivity contribution is 0.0688. The largest absolute Gasteiger partial charge is 0.478 e. The van der Waals surface area contributed by atoms with Crippen molar-refractivity contribution in [2.45, 2.75) is 38.3 Å². The van der Waals surface area contributed by atoms with Crippen molar-refractivity contribution in [3.05, 3.63) is 22.9 Å². The molecule has 2 N–H and O–H groups in total. The van der Waals surface area contributed by atoms with Crippen molar-refractivity contribution in [1.29, 1.82) is 0 Å². The van der Waals surface area contributed by atoms with E-state index in [1.807, 2.05) is 0 Å². The van der Waals surface area contributed by atoms with Crippen LogP contribution >= 0.6 is 11.8 Å². The van der Waals surface area contributed by atoms with E-state index in [9.17, 15) is 9.90 Å². The summed E-state index contributed by atoms with van der Waals surface area (Å²) in [5, 5.41) is 18.9. The molecule has 0 aliphatic carbocycles. The van der Waals surface area contributed by atoms with Crippen molar-refractivity contribution in [3.8, 4) is 0 Å². The molecule has 1 aromatic rings. The van der Waals surface area contributed by atoms with Crippen molar-refractivity contribution in [2.24, 2.45) is 0 Å². The smallest absolute Gasteiger partial charge is 0.338 e. The topological polar surface area (TPSA) is 70.4 Å². The van der Waals surface area contributed by atoms with Crippen molar-refractivity contribution in [3.63, 3.8) is 0 Å². The number of aryl methyl sites for hydroxylation is 1. The first-order chi connectivity index (χ1) is 8.10. The summed E-state index contributed by atoms with van der Waals surface area (Å²) in [6, 6.07) is 1.62. The Morgan fingerprint density at radius 3 is 2.76 bits per heavy atom.